The smallest absolute Gasteiger partial charge is 0.303 e. The maximum absolute atomic E-state index is 10.2. The van der Waals surface area contributed by atoms with Crippen LogP contribution < -0.4 is 0 Å². The highest BCUT2D eigenvalue weighted by Gasteiger charge is 1.97. The molecule has 6 nitrogen and oxygen atoms in total. The third-order valence-electron chi connectivity index (χ3n) is 5.09. The molecule has 0 aromatic carbocycles. The quantitative estimate of drug-likeness (QED) is 0.137. The molecule has 0 aliphatic carbocycles. The predicted octanol–water partition coefficient (Wildman–Crippen LogP) is 6.95. The van der Waals surface area contributed by atoms with Gasteiger partial charge in [-0.1, -0.05) is 117 Å². The van der Waals surface area contributed by atoms with Gasteiger partial charge in [0.05, 0.1) is 13.2 Å². The molecule has 0 heterocycles. The number of aliphatic hydroxyl groups is 2. The van der Waals surface area contributed by atoms with Gasteiger partial charge in [-0.2, -0.15) is 0 Å². The van der Waals surface area contributed by atoms with Crippen molar-refractivity contribution in [2.45, 2.75) is 142 Å². The van der Waals surface area contributed by atoms with Crippen LogP contribution in [0.4, 0.5) is 0 Å². The van der Waals surface area contributed by atoms with Gasteiger partial charge in [0.2, 0.25) is 0 Å². The van der Waals surface area contributed by atoms with Crippen LogP contribution in [0.1, 0.15) is 142 Å². The van der Waals surface area contributed by atoms with Gasteiger partial charge >= 0.3 is 11.9 Å². The summed E-state index contributed by atoms with van der Waals surface area (Å²) in [7, 11) is 0. The Hall–Kier alpha value is -1.14. The lowest BCUT2D eigenvalue weighted by Gasteiger charge is -2.00. The molecule has 0 saturated carbocycles. The maximum atomic E-state index is 10.2. The number of unbranched alkanes of at least 4 members (excludes halogenated alkanes) is 16. The van der Waals surface area contributed by atoms with E-state index in [4.69, 9.17) is 20.4 Å². The summed E-state index contributed by atoms with van der Waals surface area (Å²) in [5.41, 5.74) is 0. The van der Waals surface area contributed by atoms with E-state index in [1.807, 2.05) is 0 Å². The number of aliphatic carboxylic acids is 2. The summed E-state index contributed by atoms with van der Waals surface area (Å²) in [6, 6.07) is 0. The van der Waals surface area contributed by atoms with Crippen molar-refractivity contribution in [1.82, 2.24) is 0 Å². The van der Waals surface area contributed by atoms with Crippen LogP contribution in [0.3, 0.4) is 0 Å². The Morgan fingerprint density at radius 1 is 0.438 bits per heavy atom. The maximum Gasteiger partial charge on any atom is 0.303 e. The third-order valence-corrected chi connectivity index (χ3v) is 5.09. The molecule has 0 aliphatic heterocycles. The highest BCUT2D eigenvalue weighted by Crippen LogP contribution is 2.11. The zero-order valence-electron chi connectivity index (χ0n) is 21.2. The van der Waals surface area contributed by atoms with Crippen molar-refractivity contribution in [1.29, 1.82) is 0 Å². The van der Waals surface area contributed by atoms with Crippen molar-refractivity contribution < 1.29 is 30.0 Å². The fourth-order valence-electron chi connectivity index (χ4n) is 3.17. The molecule has 0 aliphatic rings. The summed E-state index contributed by atoms with van der Waals surface area (Å²) in [6.07, 6.45) is 23.0. The Bertz CT molecular complexity index is 326. The predicted molar refractivity (Wildman–Crippen MR) is 133 cm³/mol. The molecule has 0 unspecified atom stereocenters. The molecule has 0 amide bonds. The normalized spacial score (nSPS) is 10.0. The first-order chi connectivity index (χ1) is 15.5. The average molecular weight is 463 g/mol. The Kier molecular flexibility index (Phi) is 38.2. The van der Waals surface area contributed by atoms with E-state index in [1.165, 1.54) is 89.9 Å². The molecule has 32 heavy (non-hydrogen) atoms. The van der Waals surface area contributed by atoms with Crippen LogP contribution in [0.2, 0.25) is 0 Å². The Morgan fingerprint density at radius 3 is 0.844 bits per heavy atom. The first-order valence-electron chi connectivity index (χ1n) is 13.1. The van der Waals surface area contributed by atoms with Gasteiger partial charge < -0.3 is 20.4 Å². The molecule has 0 aromatic heterocycles. The molecule has 0 atom stereocenters. The second-order valence-corrected chi connectivity index (χ2v) is 8.39. The second kappa shape index (κ2) is 34.5. The second-order valence-electron chi connectivity index (χ2n) is 8.39. The minimum absolute atomic E-state index is 0.125. The van der Waals surface area contributed by atoms with Crippen molar-refractivity contribution >= 4 is 11.9 Å². The number of carboxylic acids is 2. The Morgan fingerprint density at radius 2 is 0.656 bits per heavy atom. The van der Waals surface area contributed by atoms with Crippen LogP contribution in [0.5, 0.6) is 0 Å². The van der Waals surface area contributed by atoms with Gasteiger partial charge in [0, 0.05) is 12.8 Å². The van der Waals surface area contributed by atoms with E-state index < -0.39 is 11.9 Å². The van der Waals surface area contributed by atoms with E-state index >= 15 is 0 Å². The van der Waals surface area contributed by atoms with Crippen molar-refractivity contribution in [3.05, 3.63) is 0 Å². The number of aliphatic hydroxyl groups excluding tert-OH is 2. The summed E-state index contributed by atoms with van der Waals surface area (Å²) in [4.78, 5) is 20.4. The van der Waals surface area contributed by atoms with Gasteiger partial charge in [-0.3, -0.25) is 9.59 Å². The van der Waals surface area contributed by atoms with Gasteiger partial charge in [-0.05, 0) is 12.8 Å². The van der Waals surface area contributed by atoms with E-state index in [-0.39, 0.29) is 13.2 Å². The Labute approximate surface area is 197 Å². The van der Waals surface area contributed by atoms with E-state index in [9.17, 15) is 9.59 Å². The first-order valence-corrected chi connectivity index (χ1v) is 13.1. The molecule has 0 rings (SSSR count). The molecular weight excluding hydrogens is 408 g/mol. The number of hydrogen-bond donors (Lipinski definition) is 4. The third kappa shape index (κ3) is 46.9. The minimum Gasteiger partial charge on any atom is -0.481 e. The van der Waals surface area contributed by atoms with Crippen LogP contribution in [-0.4, -0.2) is 45.6 Å². The summed E-state index contributed by atoms with van der Waals surface area (Å²) in [5, 5.41) is 32.1. The van der Waals surface area contributed by atoms with E-state index in [2.05, 4.69) is 13.8 Å². The van der Waals surface area contributed by atoms with E-state index in [1.54, 1.807) is 0 Å². The number of rotatable bonds is 21. The summed E-state index contributed by atoms with van der Waals surface area (Å²) < 4.78 is 0. The molecule has 0 aromatic rings. The number of carbonyl (C=O) groups is 2. The number of carboxylic acid groups (broad SMARTS) is 2. The molecule has 194 valence electrons. The average Bonchev–Trinajstić information content (AvgIpc) is 2.77. The van der Waals surface area contributed by atoms with Crippen molar-refractivity contribution in [2.24, 2.45) is 0 Å². The Balaban J connectivity index is -0.000000450. The summed E-state index contributed by atoms with van der Waals surface area (Å²) in [6.45, 7) is 4.21. The van der Waals surface area contributed by atoms with Gasteiger partial charge in [-0.25, -0.2) is 0 Å². The van der Waals surface area contributed by atoms with Crippen LogP contribution >= 0.6 is 0 Å². The largest absolute Gasteiger partial charge is 0.481 e. The van der Waals surface area contributed by atoms with E-state index in [0.717, 1.165) is 25.7 Å². The fourth-order valence-corrected chi connectivity index (χ4v) is 3.17. The molecule has 0 spiro atoms. The molecule has 4 N–H and O–H groups in total. The van der Waals surface area contributed by atoms with Crippen LogP contribution in [0, 0.1) is 0 Å². The van der Waals surface area contributed by atoms with Crippen molar-refractivity contribution in [2.75, 3.05) is 13.2 Å². The number of hydrogen-bond acceptors (Lipinski definition) is 4. The van der Waals surface area contributed by atoms with Gasteiger partial charge in [0.25, 0.3) is 0 Å². The topological polar surface area (TPSA) is 115 Å². The van der Waals surface area contributed by atoms with Gasteiger partial charge in [0.1, 0.15) is 0 Å². The standard InChI is InChI=1S/2C12H24O2.C2H6O2/c2*1-2-3-4-5-6-7-8-9-10-11-12(13)14;3-1-2-4/h2*2-11H2,1H3,(H,13,14);3-4H,1-2H2. The summed E-state index contributed by atoms with van der Waals surface area (Å²) in [5.74, 6) is -1.32. The van der Waals surface area contributed by atoms with Gasteiger partial charge in [0.15, 0.2) is 0 Å². The zero-order chi connectivity index (χ0) is 24.7. The van der Waals surface area contributed by atoms with E-state index in [0.29, 0.717) is 12.8 Å². The molecule has 0 fully saturated rings. The molecule has 6 heteroatoms. The van der Waals surface area contributed by atoms with Gasteiger partial charge in [-0.15, -0.1) is 0 Å². The van der Waals surface area contributed by atoms with Crippen LogP contribution in [0.25, 0.3) is 0 Å². The van der Waals surface area contributed by atoms with Crippen molar-refractivity contribution in [3.63, 3.8) is 0 Å². The highest BCUT2D eigenvalue weighted by atomic mass is 16.4. The zero-order valence-corrected chi connectivity index (χ0v) is 21.2. The minimum atomic E-state index is -0.659. The fraction of sp³-hybridized carbons (Fsp3) is 0.923. The summed E-state index contributed by atoms with van der Waals surface area (Å²) >= 11 is 0. The lowest BCUT2D eigenvalue weighted by molar-refractivity contribution is -0.138. The first kappa shape index (κ1) is 35.4. The molecule has 0 saturated heterocycles. The lowest BCUT2D eigenvalue weighted by Crippen LogP contribution is -1.93. The molecular formula is C26H54O6. The van der Waals surface area contributed by atoms with Crippen LogP contribution in [0.15, 0.2) is 0 Å². The lowest BCUT2D eigenvalue weighted by atomic mass is 10.1. The van der Waals surface area contributed by atoms with Crippen LogP contribution in [-0.2, 0) is 9.59 Å². The molecule has 0 bridgehead atoms. The van der Waals surface area contributed by atoms with Crippen molar-refractivity contribution in [3.8, 4) is 0 Å². The highest BCUT2D eigenvalue weighted by molar-refractivity contribution is 5.66. The SMILES string of the molecule is CCCCCCCCCCCC(=O)O.CCCCCCCCCCCC(=O)O.OCCO. The monoisotopic (exact) mass is 462 g/mol. The molecule has 0 radical (unpaired) electrons.